The maximum absolute atomic E-state index is 13.5. The SMILES string of the molecule is O=C(NCc1cc(-c2ccsc2)cs1)Nc1c(F)cccc1F. The Morgan fingerprint density at radius 2 is 1.87 bits per heavy atom. The molecular formula is C16H12F2N2OS2. The number of carbonyl (C=O) groups is 1. The van der Waals surface area contributed by atoms with Crippen LogP contribution in [0.2, 0.25) is 0 Å². The van der Waals surface area contributed by atoms with Crippen LogP contribution in [0.1, 0.15) is 4.88 Å². The van der Waals surface area contributed by atoms with E-state index in [-0.39, 0.29) is 6.54 Å². The van der Waals surface area contributed by atoms with Gasteiger partial charge in [-0.15, -0.1) is 11.3 Å². The molecule has 2 N–H and O–H groups in total. The Labute approximate surface area is 139 Å². The summed E-state index contributed by atoms with van der Waals surface area (Å²) in [5.74, 6) is -1.62. The second-order valence-corrected chi connectivity index (χ2v) is 6.49. The van der Waals surface area contributed by atoms with Crippen molar-refractivity contribution in [1.82, 2.24) is 5.32 Å². The number of para-hydroxylation sites is 1. The van der Waals surface area contributed by atoms with E-state index >= 15 is 0 Å². The van der Waals surface area contributed by atoms with Gasteiger partial charge in [-0.25, -0.2) is 13.6 Å². The molecule has 0 aliphatic carbocycles. The van der Waals surface area contributed by atoms with Crippen molar-refractivity contribution in [3.8, 4) is 11.1 Å². The fraction of sp³-hybridized carbons (Fsp3) is 0.0625. The molecule has 0 saturated carbocycles. The molecule has 3 rings (SSSR count). The molecule has 3 aromatic rings. The topological polar surface area (TPSA) is 41.1 Å². The molecule has 0 radical (unpaired) electrons. The van der Waals surface area contributed by atoms with Gasteiger partial charge >= 0.3 is 6.03 Å². The molecule has 2 amide bonds. The number of amides is 2. The molecule has 0 spiro atoms. The monoisotopic (exact) mass is 350 g/mol. The van der Waals surface area contributed by atoms with Gasteiger partial charge in [0.25, 0.3) is 0 Å². The van der Waals surface area contributed by atoms with Crippen molar-refractivity contribution < 1.29 is 13.6 Å². The van der Waals surface area contributed by atoms with E-state index in [2.05, 4.69) is 10.6 Å². The van der Waals surface area contributed by atoms with E-state index in [4.69, 9.17) is 0 Å². The Morgan fingerprint density at radius 3 is 2.57 bits per heavy atom. The van der Waals surface area contributed by atoms with E-state index < -0.39 is 23.4 Å². The molecule has 23 heavy (non-hydrogen) atoms. The molecule has 0 bridgehead atoms. The summed E-state index contributed by atoms with van der Waals surface area (Å²) in [6.45, 7) is 0.288. The first-order chi connectivity index (χ1) is 11.1. The highest BCUT2D eigenvalue weighted by atomic mass is 32.1. The number of halogens is 2. The molecule has 118 valence electrons. The minimum Gasteiger partial charge on any atom is -0.333 e. The zero-order valence-corrected chi connectivity index (χ0v) is 13.4. The third-order valence-electron chi connectivity index (χ3n) is 3.13. The molecule has 2 aromatic heterocycles. The minimum absolute atomic E-state index is 0.288. The van der Waals surface area contributed by atoms with Gasteiger partial charge in [0.1, 0.15) is 17.3 Å². The normalized spacial score (nSPS) is 10.5. The van der Waals surface area contributed by atoms with Crippen LogP contribution in [0.15, 0.2) is 46.5 Å². The van der Waals surface area contributed by atoms with Crippen molar-refractivity contribution >= 4 is 34.4 Å². The number of thiophene rings is 2. The summed E-state index contributed by atoms with van der Waals surface area (Å²) in [5.41, 5.74) is 1.78. The molecule has 0 atom stereocenters. The first kappa shape index (κ1) is 15.6. The number of urea groups is 1. The Bertz CT molecular complexity index is 795. The van der Waals surface area contributed by atoms with E-state index in [1.807, 2.05) is 28.3 Å². The van der Waals surface area contributed by atoms with E-state index in [0.29, 0.717) is 0 Å². The molecule has 0 aliphatic heterocycles. The van der Waals surface area contributed by atoms with Crippen molar-refractivity contribution in [1.29, 1.82) is 0 Å². The van der Waals surface area contributed by atoms with E-state index in [0.717, 1.165) is 28.1 Å². The van der Waals surface area contributed by atoms with E-state index in [1.54, 1.807) is 11.3 Å². The Kier molecular flexibility index (Phi) is 4.68. The lowest BCUT2D eigenvalue weighted by Crippen LogP contribution is -2.28. The first-order valence-electron chi connectivity index (χ1n) is 6.72. The summed E-state index contributed by atoms with van der Waals surface area (Å²) < 4.78 is 26.9. The number of carbonyl (C=O) groups excluding carboxylic acids is 1. The third kappa shape index (κ3) is 3.75. The summed E-state index contributed by atoms with van der Waals surface area (Å²) in [5, 5.41) is 10.8. The van der Waals surface area contributed by atoms with Gasteiger partial charge in [-0.3, -0.25) is 0 Å². The van der Waals surface area contributed by atoms with Gasteiger partial charge in [-0.2, -0.15) is 11.3 Å². The van der Waals surface area contributed by atoms with Crippen LogP contribution in [-0.4, -0.2) is 6.03 Å². The first-order valence-corrected chi connectivity index (χ1v) is 8.54. The number of hydrogen-bond acceptors (Lipinski definition) is 3. The van der Waals surface area contributed by atoms with Crippen LogP contribution in [0, 0.1) is 11.6 Å². The fourth-order valence-electron chi connectivity index (χ4n) is 2.00. The summed E-state index contributed by atoms with van der Waals surface area (Å²) in [7, 11) is 0. The third-order valence-corrected chi connectivity index (χ3v) is 4.75. The van der Waals surface area contributed by atoms with Gasteiger partial charge < -0.3 is 10.6 Å². The van der Waals surface area contributed by atoms with Gasteiger partial charge in [0, 0.05) is 4.88 Å². The summed E-state index contributed by atoms with van der Waals surface area (Å²) >= 11 is 3.14. The molecule has 1 aromatic carbocycles. The van der Waals surface area contributed by atoms with Gasteiger partial charge in [-0.1, -0.05) is 6.07 Å². The van der Waals surface area contributed by atoms with Crippen molar-refractivity contribution in [3.05, 3.63) is 63.0 Å². The van der Waals surface area contributed by atoms with Gasteiger partial charge in [0.15, 0.2) is 0 Å². The average Bonchev–Trinajstić information content (AvgIpc) is 3.19. The molecule has 0 fully saturated rings. The zero-order chi connectivity index (χ0) is 16.2. The lowest BCUT2D eigenvalue weighted by Gasteiger charge is -2.08. The summed E-state index contributed by atoms with van der Waals surface area (Å²) in [6, 6.07) is 6.77. The Hall–Kier alpha value is -2.25. The molecule has 2 heterocycles. The molecule has 3 nitrogen and oxygen atoms in total. The number of anilines is 1. The molecule has 0 unspecified atom stereocenters. The van der Waals surface area contributed by atoms with Crippen molar-refractivity contribution in [2.24, 2.45) is 0 Å². The lowest BCUT2D eigenvalue weighted by atomic mass is 10.2. The molecular weight excluding hydrogens is 338 g/mol. The van der Waals surface area contributed by atoms with Crippen LogP contribution in [0.5, 0.6) is 0 Å². The molecule has 0 aliphatic rings. The number of hydrogen-bond donors (Lipinski definition) is 2. The van der Waals surface area contributed by atoms with Gasteiger partial charge in [0.05, 0.1) is 6.54 Å². The van der Waals surface area contributed by atoms with Crippen LogP contribution in [0.3, 0.4) is 0 Å². The highest BCUT2D eigenvalue weighted by molar-refractivity contribution is 7.10. The zero-order valence-electron chi connectivity index (χ0n) is 11.8. The van der Waals surface area contributed by atoms with Crippen LogP contribution >= 0.6 is 22.7 Å². The Morgan fingerprint density at radius 1 is 1.09 bits per heavy atom. The van der Waals surface area contributed by atoms with E-state index in [1.165, 1.54) is 17.4 Å². The van der Waals surface area contributed by atoms with Crippen molar-refractivity contribution in [3.63, 3.8) is 0 Å². The molecule has 0 saturated heterocycles. The molecule has 7 heteroatoms. The van der Waals surface area contributed by atoms with Crippen molar-refractivity contribution in [2.45, 2.75) is 6.54 Å². The standard InChI is InChI=1S/C16H12F2N2OS2/c17-13-2-1-3-14(18)15(13)20-16(21)19-7-12-6-11(9-23-12)10-4-5-22-8-10/h1-6,8-9H,7H2,(H2,19,20,21). The fourth-order valence-corrected chi connectivity index (χ4v) is 3.49. The largest absolute Gasteiger partial charge is 0.333 e. The average molecular weight is 350 g/mol. The number of rotatable bonds is 4. The summed E-state index contributed by atoms with van der Waals surface area (Å²) in [6.07, 6.45) is 0. The van der Waals surface area contributed by atoms with Crippen LogP contribution in [-0.2, 0) is 6.54 Å². The smallest absolute Gasteiger partial charge is 0.319 e. The second-order valence-electron chi connectivity index (χ2n) is 4.72. The van der Waals surface area contributed by atoms with E-state index in [9.17, 15) is 13.6 Å². The van der Waals surface area contributed by atoms with Gasteiger partial charge in [0.2, 0.25) is 0 Å². The quantitative estimate of drug-likeness (QED) is 0.677. The minimum atomic E-state index is -0.809. The lowest BCUT2D eigenvalue weighted by molar-refractivity contribution is 0.251. The maximum atomic E-state index is 13.5. The van der Waals surface area contributed by atoms with Crippen molar-refractivity contribution in [2.75, 3.05) is 5.32 Å². The predicted octanol–water partition coefficient (Wildman–Crippen LogP) is 5.08. The highest BCUT2D eigenvalue weighted by Crippen LogP contribution is 2.27. The highest BCUT2D eigenvalue weighted by Gasteiger charge is 2.12. The van der Waals surface area contributed by atoms with Gasteiger partial charge in [-0.05, 0) is 51.5 Å². The van der Waals surface area contributed by atoms with Crippen LogP contribution < -0.4 is 10.6 Å². The Balaban J connectivity index is 1.59. The second kappa shape index (κ2) is 6.89. The predicted molar refractivity (Wildman–Crippen MR) is 89.8 cm³/mol. The number of benzene rings is 1. The maximum Gasteiger partial charge on any atom is 0.319 e. The van der Waals surface area contributed by atoms with Crippen LogP contribution in [0.4, 0.5) is 19.3 Å². The number of nitrogens with one attached hydrogen (secondary N) is 2. The van der Waals surface area contributed by atoms with Crippen LogP contribution in [0.25, 0.3) is 11.1 Å². The summed E-state index contributed by atoms with van der Waals surface area (Å²) in [4.78, 5) is 12.7.